The van der Waals surface area contributed by atoms with Crippen molar-refractivity contribution in [1.82, 2.24) is 4.90 Å². The number of sulfone groups is 1. The predicted octanol–water partition coefficient (Wildman–Crippen LogP) is 2.44. The molecule has 1 aromatic carbocycles. The molecule has 0 aromatic heterocycles. The molecule has 8 heteroatoms. The van der Waals surface area contributed by atoms with Gasteiger partial charge in [-0.25, -0.2) is 8.42 Å². The van der Waals surface area contributed by atoms with Crippen molar-refractivity contribution >= 4 is 49.7 Å². The first-order chi connectivity index (χ1) is 12.0. The van der Waals surface area contributed by atoms with E-state index in [4.69, 9.17) is 12.2 Å². The standard InChI is InChI=1S/C17H20N2O3S3/c20-16(12-24-17(23)18-9-4-5-10-18)19(14-6-2-1-3-7-14)15-8-11-25(21,22)13-15/h1-3,6-8,11,15H,4-5,9-10,12-13H2/t15-/m0/s1. The highest BCUT2D eigenvalue weighted by Crippen LogP contribution is 2.24. The average molecular weight is 397 g/mol. The molecule has 0 saturated carbocycles. The Morgan fingerprint density at radius 3 is 2.52 bits per heavy atom. The van der Waals surface area contributed by atoms with Gasteiger partial charge in [0, 0.05) is 24.2 Å². The molecule has 2 aliphatic rings. The zero-order valence-electron chi connectivity index (χ0n) is 13.7. The highest BCUT2D eigenvalue weighted by molar-refractivity contribution is 8.23. The Bertz CT molecular complexity index is 772. The van der Waals surface area contributed by atoms with E-state index in [0.29, 0.717) is 5.69 Å². The van der Waals surface area contributed by atoms with Crippen molar-refractivity contribution in [2.45, 2.75) is 18.9 Å². The molecule has 25 heavy (non-hydrogen) atoms. The molecule has 2 aliphatic heterocycles. The SMILES string of the molecule is O=C(CSC(=S)N1CCCC1)N(c1ccccc1)[C@H]1C=CS(=O)(=O)C1. The zero-order valence-corrected chi connectivity index (χ0v) is 16.2. The van der Waals surface area contributed by atoms with Gasteiger partial charge in [-0.05, 0) is 31.1 Å². The number of hydrogen-bond donors (Lipinski definition) is 0. The summed E-state index contributed by atoms with van der Waals surface area (Å²) in [5.41, 5.74) is 0.701. The Morgan fingerprint density at radius 2 is 1.92 bits per heavy atom. The summed E-state index contributed by atoms with van der Waals surface area (Å²) in [5, 5.41) is 1.20. The molecule has 134 valence electrons. The van der Waals surface area contributed by atoms with Crippen molar-refractivity contribution in [1.29, 1.82) is 0 Å². The van der Waals surface area contributed by atoms with Crippen molar-refractivity contribution in [2.75, 3.05) is 29.5 Å². The molecule has 1 aromatic rings. The quantitative estimate of drug-likeness (QED) is 0.729. The van der Waals surface area contributed by atoms with E-state index in [1.807, 2.05) is 30.3 Å². The molecule has 0 unspecified atom stereocenters. The van der Waals surface area contributed by atoms with E-state index >= 15 is 0 Å². The molecule has 2 heterocycles. The van der Waals surface area contributed by atoms with Gasteiger partial charge in [-0.15, -0.1) is 0 Å². The minimum absolute atomic E-state index is 0.0745. The number of rotatable bonds is 4. The summed E-state index contributed by atoms with van der Waals surface area (Å²) in [5.74, 6) is -0.00627. The molecule has 0 N–H and O–H groups in total. The maximum Gasteiger partial charge on any atom is 0.238 e. The second-order valence-corrected chi connectivity index (χ2v) is 9.61. The predicted molar refractivity (Wildman–Crippen MR) is 107 cm³/mol. The number of thioether (sulfide) groups is 1. The number of hydrogen-bond acceptors (Lipinski definition) is 5. The third-order valence-corrected chi connectivity index (χ3v) is 7.12. The van der Waals surface area contributed by atoms with Gasteiger partial charge < -0.3 is 9.80 Å². The highest BCUT2D eigenvalue weighted by Gasteiger charge is 2.31. The minimum atomic E-state index is -3.24. The van der Waals surface area contributed by atoms with Crippen molar-refractivity contribution in [3.05, 3.63) is 41.8 Å². The van der Waals surface area contributed by atoms with Crippen molar-refractivity contribution in [3.63, 3.8) is 0 Å². The average Bonchev–Trinajstić information content (AvgIpc) is 3.24. The van der Waals surface area contributed by atoms with Crippen molar-refractivity contribution < 1.29 is 13.2 Å². The molecule has 0 spiro atoms. The summed E-state index contributed by atoms with van der Waals surface area (Å²) in [7, 11) is -3.24. The summed E-state index contributed by atoms with van der Waals surface area (Å²) in [6, 6.07) is 8.71. The number of benzene rings is 1. The number of carbonyl (C=O) groups excluding carboxylic acids is 1. The Morgan fingerprint density at radius 1 is 1.24 bits per heavy atom. The van der Waals surface area contributed by atoms with Crippen LogP contribution in [0.5, 0.6) is 0 Å². The second-order valence-electron chi connectivity index (χ2n) is 6.07. The number of likely N-dealkylation sites (tertiary alicyclic amines) is 1. The van der Waals surface area contributed by atoms with E-state index in [1.165, 1.54) is 17.2 Å². The van der Waals surface area contributed by atoms with Crippen LogP contribution in [0.25, 0.3) is 0 Å². The number of carbonyl (C=O) groups is 1. The lowest BCUT2D eigenvalue weighted by atomic mass is 10.2. The highest BCUT2D eigenvalue weighted by atomic mass is 32.2. The van der Waals surface area contributed by atoms with Gasteiger partial charge >= 0.3 is 0 Å². The summed E-state index contributed by atoms with van der Waals surface area (Å²) in [4.78, 5) is 16.6. The van der Waals surface area contributed by atoms with Crippen LogP contribution in [-0.4, -0.2) is 54.2 Å². The largest absolute Gasteiger partial charge is 0.358 e. The van der Waals surface area contributed by atoms with Crippen LogP contribution in [0.4, 0.5) is 5.69 Å². The van der Waals surface area contributed by atoms with Gasteiger partial charge in [0.2, 0.25) is 5.91 Å². The van der Waals surface area contributed by atoms with Crippen molar-refractivity contribution in [3.8, 4) is 0 Å². The number of thiocarbonyl (C=S) groups is 1. The maximum atomic E-state index is 12.9. The lowest BCUT2D eigenvalue weighted by Crippen LogP contribution is -2.42. The first-order valence-corrected chi connectivity index (χ1v) is 11.3. The third kappa shape index (κ3) is 4.62. The molecule has 1 atom stereocenters. The zero-order chi connectivity index (χ0) is 17.9. The molecule has 0 bridgehead atoms. The van der Waals surface area contributed by atoms with Gasteiger partial charge in [-0.2, -0.15) is 0 Å². The Hall–Kier alpha value is -1.38. The molecule has 0 aliphatic carbocycles. The Labute approximate surface area is 158 Å². The van der Waals surface area contributed by atoms with Gasteiger partial charge in [0.15, 0.2) is 9.84 Å². The molecule has 5 nitrogen and oxygen atoms in total. The van der Waals surface area contributed by atoms with Gasteiger partial charge in [0.05, 0.1) is 17.5 Å². The maximum absolute atomic E-state index is 12.9. The van der Waals surface area contributed by atoms with E-state index in [9.17, 15) is 13.2 Å². The van der Waals surface area contributed by atoms with Gasteiger partial charge in [0.1, 0.15) is 4.32 Å². The molecule has 1 saturated heterocycles. The van der Waals surface area contributed by atoms with Gasteiger partial charge in [0.25, 0.3) is 0 Å². The van der Waals surface area contributed by atoms with Crippen LogP contribution < -0.4 is 4.90 Å². The van der Waals surface area contributed by atoms with E-state index in [-0.39, 0.29) is 17.4 Å². The first-order valence-electron chi connectivity index (χ1n) is 8.16. The Balaban J connectivity index is 1.71. The number of nitrogens with zero attached hydrogens (tertiary/aromatic N) is 2. The molecular formula is C17H20N2O3S3. The number of amides is 1. The van der Waals surface area contributed by atoms with E-state index in [2.05, 4.69) is 4.90 Å². The Kier molecular flexibility index (Phi) is 5.81. The normalized spacial score (nSPS) is 21.4. The third-order valence-electron chi connectivity index (χ3n) is 4.23. The molecule has 0 radical (unpaired) electrons. The van der Waals surface area contributed by atoms with Crippen LogP contribution in [0, 0.1) is 0 Å². The van der Waals surface area contributed by atoms with E-state index < -0.39 is 15.9 Å². The molecule has 1 fully saturated rings. The van der Waals surface area contributed by atoms with Crippen LogP contribution in [0.2, 0.25) is 0 Å². The molecular weight excluding hydrogens is 376 g/mol. The fourth-order valence-electron chi connectivity index (χ4n) is 3.01. The van der Waals surface area contributed by atoms with Gasteiger partial charge in [-0.3, -0.25) is 4.79 Å². The van der Waals surface area contributed by atoms with Crippen LogP contribution in [-0.2, 0) is 14.6 Å². The first kappa shape index (κ1) is 18.4. The lowest BCUT2D eigenvalue weighted by Gasteiger charge is -2.28. The summed E-state index contributed by atoms with van der Waals surface area (Å²) in [6.07, 6.45) is 3.86. The fraction of sp³-hybridized carbons (Fsp3) is 0.412. The topological polar surface area (TPSA) is 57.7 Å². The molecule has 3 rings (SSSR count). The minimum Gasteiger partial charge on any atom is -0.358 e. The van der Waals surface area contributed by atoms with Crippen molar-refractivity contribution in [2.24, 2.45) is 0 Å². The summed E-state index contributed by atoms with van der Waals surface area (Å²) < 4.78 is 24.3. The van der Waals surface area contributed by atoms with Crippen LogP contribution in [0.3, 0.4) is 0 Å². The van der Waals surface area contributed by atoms with Crippen LogP contribution in [0.15, 0.2) is 41.8 Å². The lowest BCUT2D eigenvalue weighted by molar-refractivity contribution is -0.116. The van der Waals surface area contributed by atoms with E-state index in [0.717, 1.165) is 30.3 Å². The number of anilines is 1. The van der Waals surface area contributed by atoms with E-state index in [1.54, 1.807) is 11.0 Å². The monoisotopic (exact) mass is 396 g/mol. The van der Waals surface area contributed by atoms with Crippen LogP contribution >= 0.6 is 24.0 Å². The van der Waals surface area contributed by atoms with Gasteiger partial charge in [-0.1, -0.05) is 42.2 Å². The fourth-order valence-corrected chi connectivity index (χ4v) is 5.39. The second kappa shape index (κ2) is 7.88. The summed E-state index contributed by atoms with van der Waals surface area (Å²) >= 11 is 6.77. The summed E-state index contributed by atoms with van der Waals surface area (Å²) in [6.45, 7) is 1.90. The number of para-hydroxylation sites is 1. The molecule has 1 amide bonds. The smallest absolute Gasteiger partial charge is 0.238 e. The van der Waals surface area contributed by atoms with Crippen LogP contribution in [0.1, 0.15) is 12.8 Å².